The van der Waals surface area contributed by atoms with E-state index in [1.165, 1.54) is 7.11 Å². The lowest BCUT2D eigenvalue weighted by molar-refractivity contribution is -0.136. The summed E-state index contributed by atoms with van der Waals surface area (Å²) in [6, 6.07) is 9.66. The Kier molecular flexibility index (Phi) is 8.74. The van der Waals surface area contributed by atoms with Gasteiger partial charge in [-0.2, -0.15) is 0 Å². The lowest BCUT2D eigenvalue weighted by atomic mass is 9.97. The number of amides is 2. The van der Waals surface area contributed by atoms with Crippen molar-refractivity contribution >= 4 is 24.2 Å². The van der Waals surface area contributed by atoms with Gasteiger partial charge in [-0.15, -0.1) is 12.4 Å². The van der Waals surface area contributed by atoms with Crippen molar-refractivity contribution in [2.24, 2.45) is 5.73 Å². The van der Waals surface area contributed by atoms with Gasteiger partial charge < -0.3 is 20.7 Å². The summed E-state index contributed by atoms with van der Waals surface area (Å²) in [4.78, 5) is 26.0. The van der Waals surface area contributed by atoms with Crippen molar-refractivity contribution in [3.63, 3.8) is 0 Å². The Hall–Kier alpha value is -1.63. The van der Waals surface area contributed by atoms with Crippen molar-refractivity contribution in [3.05, 3.63) is 35.9 Å². The molecule has 3 N–H and O–H groups in total. The highest BCUT2D eigenvalue weighted by Crippen LogP contribution is 2.16. The van der Waals surface area contributed by atoms with Crippen LogP contribution in [0.15, 0.2) is 30.3 Å². The summed E-state index contributed by atoms with van der Waals surface area (Å²) in [5, 5.41) is 3.07. The van der Waals surface area contributed by atoms with E-state index in [9.17, 15) is 9.59 Å². The van der Waals surface area contributed by atoms with Gasteiger partial charge in [-0.05, 0) is 18.4 Å². The van der Waals surface area contributed by atoms with E-state index in [2.05, 4.69) is 5.32 Å². The van der Waals surface area contributed by atoms with Crippen molar-refractivity contribution in [1.29, 1.82) is 0 Å². The van der Waals surface area contributed by atoms with Crippen LogP contribution in [-0.2, 0) is 14.3 Å². The van der Waals surface area contributed by atoms with Gasteiger partial charge in [-0.1, -0.05) is 30.3 Å². The molecule has 1 unspecified atom stereocenters. The van der Waals surface area contributed by atoms with E-state index in [1.54, 1.807) is 4.90 Å². The predicted molar refractivity (Wildman–Crippen MR) is 95.1 cm³/mol. The molecule has 0 bridgehead atoms. The van der Waals surface area contributed by atoms with Crippen LogP contribution < -0.4 is 11.1 Å². The third-order valence-corrected chi connectivity index (χ3v) is 4.22. The molecule has 1 aromatic carbocycles. The summed E-state index contributed by atoms with van der Waals surface area (Å²) in [6.45, 7) is 1.68. The van der Waals surface area contributed by atoms with Gasteiger partial charge in [0.2, 0.25) is 11.8 Å². The number of hydrogen-bond acceptors (Lipinski definition) is 4. The van der Waals surface area contributed by atoms with Crippen LogP contribution in [0.25, 0.3) is 0 Å². The van der Waals surface area contributed by atoms with Crippen LogP contribution in [0.5, 0.6) is 0 Å². The Morgan fingerprint density at radius 1 is 1.29 bits per heavy atom. The number of benzene rings is 1. The first-order chi connectivity index (χ1) is 11.2. The molecule has 1 atom stereocenters. The molecule has 1 saturated heterocycles. The largest absolute Gasteiger partial charge is 0.375 e. The van der Waals surface area contributed by atoms with E-state index in [4.69, 9.17) is 10.5 Å². The maximum atomic E-state index is 12.5. The summed E-state index contributed by atoms with van der Waals surface area (Å²) >= 11 is 0. The second-order valence-corrected chi connectivity index (χ2v) is 5.80. The number of nitrogens with zero attached hydrogens (tertiary/aromatic N) is 1. The fourth-order valence-electron chi connectivity index (χ4n) is 2.87. The second kappa shape index (κ2) is 10.3. The minimum atomic E-state index is -0.329. The summed E-state index contributed by atoms with van der Waals surface area (Å²) in [5.74, 6) is -0.369. The Morgan fingerprint density at radius 3 is 2.46 bits per heavy atom. The van der Waals surface area contributed by atoms with Crippen molar-refractivity contribution in [2.45, 2.75) is 24.8 Å². The number of nitrogens with one attached hydrogen (secondary N) is 1. The number of ether oxygens (including phenoxy) is 1. The number of rotatable bonds is 6. The number of carbonyl (C=O) groups is 2. The monoisotopic (exact) mass is 355 g/mol. The highest BCUT2D eigenvalue weighted by Gasteiger charge is 2.26. The zero-order valence-electron chi connectivity index (χ0n) is 13.9. The van der Waals surface area contributed by atoms with E-state index in [1.807, 2.05) is 30.3 Å². The fraction of sp³-hybridized carbons (Fsp3) is 0.529. The van der Waals surface area contributed by atoms with Crippen LogP contribution in [-0.4, -0.2) is 56.1 Å². The quantitative estimate of drug-likeness (QED) is 0.794. The lowest BCUT2D eigenvalue weighted by Crippen LogP contribution is -2.48. The van der Waals surface area contributed by atoms with Crippen LogP contribution in [0, 0.1) is 0 Å². The van der Waals surface area contributed by atoms with E-state index in [-0.39, 0.29) is 49.3 Å². The number of piperidine rings is 1. The molecule has 1 aliphatic rings. The van der Waals surface area contributed by atoms with E-state index in [0.29, 0.717) is 13.1 Å². The molecule has 1 aliphatic heterocycles. The molecule has 0 saturated carbocycles. The first-order valence-corrected chi connectivity index (χ1v) is 7.97. The van der Waals surface area contributed by atoms with Gasteiger partial charge in [0.15, 0.2) is 0 Å². The van der Waals surface area contributed by atoms with Crippen molar-refractivity contribution < 1.29 is 14.3 Å². The van der Waals surface area contributed by atoms with Crippen molar-refractivity contribution in [2.75, 3.05) is 33.4 Å². The Balaban J connectivity index is 0.00000288. The first kappa shape index (κ1) is 20.4. The van der Waals surface area contributed by atoms with Crippen molar-refractivity contribution in [3.8, 4) is 0 Å². The Morgan fingerprint density at radius 2 is 1.92 bits per heavy atom. The van der Waals surface area contributed by atoms with Crippen LogP contribution in [0.1, 0.15) is 24.3 Å². The molecule has 2 amide bonds. The number of halogens is 1. The number of likely N-dealkylation sites (tertiary alicyclic amines) is 1. The fourth-order valence-corrected chi connectivity index (χ4v) is 2.87. The molecule has 7 heteroatoms. The molecule has 0 aromatic heterocycles. The molecule has 1 aromatic rings. The standard InChI is InChI=1S/C17H25N3O3.ClH/c1-23-12-16(21)20-9-7-14(8-10-20)19-17(22)15(11-18)13-5-3-2-4-6-13;/h2-6,14-15H,7-12,18H2,1H3,(H,19,22);1H. The Bertz CT molecular complexity index is 519. The van der Waals surface area contributed by atoms with Crippen LogP contribution >= 0.6 is 12.4 Å². The van der Waals surface area contributed by atoms with Gasteiger partial charge in [0.25, 0.3) is 0 Å². The molecule has 0 radical (unpaired) electrons. The van der Waals surface area contributed by atoms with E-state index < -0.39 is 0 Å². The topological polar surface area (TPSA) is 84.7 Å². The summed E-state index contributed by atoms with van der Waals surface area (Å²) in [5.41, 5.74) is 6.71. The zero-order valence-corrected chi connectivity index (χ0v) is 14.8. The number of methoxy groups -OCH3 is 1. The Labute approximate surface area is 149 Å². The van der Waals surface area contributed by atoms with Gasteiger partial charge in [0.05, 0.1) is 5.92 Å². The minimum Gasteiger partial charge on any atom is -0.375 e. The predicted octanol–water partition coefficient (Wildman–Crippen LogP) is 0.904. The lowest BCUT2D eigenvalue weighted by Gasteiger charge is -2.33. The van der Waals surface area contributed by atoms with Crippen LogP contribution in [0.3, 0.4) is 0 Å². The minimum absolute atomic E-state index is 0. The number of hydrogen-bond donors (Lipinski definition) is 2. The molecule has 0 aliphatic carbocycles. The van der Waals surface area contributed by atoms with Crippen molar-refractivity contribution in [1.82, 2.24) is 10.2 Å². The maximum Gasteiger partial charge on any atom is 0.248 e. The second-order valence-electron chi connectivity index (χ2n) is 5.80. The molecular weight excluding hydrogens is 330 g/mol. The smallest absolute Gasteiger partial charge is 0.248 e. The van der Waals surface area contributed by atoms with E-state index in [0.717, 1.165) is 18.4 Å². The maximum absolute atomic E-state index is 12.5. The van der Waals surface area contributed by atoms with Gasteiger partial charge in [0, 0.05) is 32.8 Å². The molecule has 1 fully saturated rings. The highest BCUT2D eigenvalue weighted by atomic mass is 35.5. The molecule has 0 spiro atoms. The number of carbonyl (C=O) groups excluding carboxylic acids is 2. The van der Waals surface area contributed by atoms with Gasteiger partial charge in [-0.3, -0.25) is 9.59 Å². The zero-order chi connectivity index (χ0) is 16.7. The SMILES string of the molecule is COCC(=O)N1CCC(NC(=O)C(CN)c2ccccc2)CC1.Cl. The number of nitrogens with two attached hydrogens (primary N) is 1. The van der Waals surface area contributed by atoms with Gasteiger partial charge in [0.1, 0.15) is 6.61 Å². The molecular formula is C17H26ClN3O3. The highest BCUT2D eigenvalue weighted by molar-refractivity contribution is 5.85. The summed E-state index contributed by atoms with van der Waals surface area (Å²) in [7, 11) is 1.52. The molecule has 1 heterocycles. The van der Waals surface area contributed by atoms with Crippen LogP contribution in [0.2, 0.25) is 0 Å². The first-order valence-electron chi connectivity index (χ1n) is 7.97. The third kappa shape index (κ3) is 5.47. The molecule has 134 valence electrons. The van der Waals surface area contributed by atoms with Gasteiger partial charge in [-0.25, -0.2) is 0 Å². The average Bonchev–Trinajstić information content (AvgIpc) is 2.57. The molecule has 24 heavy (non-hydrogen) atoms. The normalized spacial score (nSPS) is 16.2. The molecule has 6 nitrogen and oxygen atoms in total. The summed E-state index contributed by atoms with van der Waals surface area (Å²) in [6.07, 6.45) is 1.51. The third-order valence-electron chi connectivity index (χ3n) is 4.22. The molecule has 2 rings (SSSR count). The summed E-state index contributed by atoms with van der Waals surface area (Å²) < 4.78 is 4.87. The van der Waals surface area contributed by atoms with Crippen LogP contribution in [0.4, 0.5) is 0 Å². The van der Waals surface area contributed by atoms with Gasteiger partial charge >= 0.3 is 0 Å². The average molecular weight is 356 g/mol. The van der Waals surface area contributed by atoms with E-state index >= 15 is 0 Å².